The quantitative estimate of drug-likeness (QED) is 0.788. The van der Waals surface area contributed by atoms with Crippen LogP contribution < -0.4 is 4.72 Å². The van der Waals surface area contributed by atoms with Crippen LogP contribution in [0, 0.1) is 0 Å². The Bertz CT molecular complexity index is 854. The summed E-state index contributed by atoms with van der Waals surface area (Å²) >= 11 is 9.12. The number of rotatable bonds is 3. The lowest BCUT2D eigenvalue weighted by Gasteiger charge is -2.18. The second-order valence-electron chi connectivity index (χ2n) is 5.81. The van der Waals surface area contributed by atoms with Crippen molar-refractivity contribution in [2.45, 2.75) is 31.3 Å². The van der Waals surface area contributed by atoms with Crippen LogP contribution in [-0.4, -0.2) is 29.9 Å². The molecule has 0 aliphatic heterocycles. The molecule has 1 aromatic carbocycles. The van der Waals surface area contributed by atoms with Gasteiger partial charge in [-0.1, -0.05) is 17.7 Å². The second-order valence-corrected chi connectivity index (χ2v) is 8.69. The minimum atomic E-state index is -3.96. The molecule has 24 heavy (non-hydrogen) atoms. The predicted molar refractivity (Wildman–Crippen MR) is 93.8 cm³/mol. The van der Waals surface area contributed by atoms with E-state index in [4.69, 9.17) is 16.3 Å². The summed E-state index contributed by atoms with van der Waals surface area (Å²) in [4.78, 5) is 11.8. The first-order chi connectivity index (χ1) is 11.0. The van der Waals surface area contributed by atoms with Crippen LogP contribution in [0.5, 0.6) is 0 Å². The Morgan fingerprint density at radius 3 is 2.62 bits per heavy atom. The molecule has 0 saturated heterocycles. The van der Waals surface area contributed by atoms with Crippen LogP contribution in [0.1, 0.15) is 20.8 Å². The average molecular weight is 437 g/mol. The highest BCUT2D eigenvalue weighted by Gasteiger charge is 2.23. The van der Waals surface area contributed by atoms with Gasteiger partial charge < -0.3 is 4.74 Å². The van der Waals surface area contributed by atoms with E-state index < -0.39 is 21.7 Å². The van der Waals surface area contributed by atoms with E-state index in [1.807, 2.05) is 0 Å². The van der Waals surface area contributed by atoms with Crippen molar-refractivity contribution in [1.29, 1.82) is 0 Å². The summed E-state index contributed by atoms with van der Waals surface area (Å²) in [5.41, 5.74) is -0.585. The third kappa shape index (κ3) is 4.49. The lowest BCUT2D eigenvalue weighted by atomic mass is 10.2. The van der Waals surface area contributed by atoms with Crippen molar-refractivity contribution in [3.8, 4) is 0 Å². The molecule has 0 saturated carbocycles. The fourth-order valence-corrected chi connectivity index (χ4v) is 4.50. The summed E-state index contributed by atoms with van der Waals surface area (Å²) in [6.07, 6.45) is 1.70. The standard InChI is InChI=1S/C14H15BrClN3O4S/c1-14(2,3)23-13(20)19-8-9(7-17-19)18-24(21,22)12-10(15)5-4-6-11(12)16/h4-8,18H,1-3H3. The number of anilines is 1. The lowest BCUT2D eigenvalue weighted by molar-refractivity contribution is 0.0514. The number of carbonyl (C=O) groups excluding carboxylic acids is 1. The Morgan fingerprint density at radius 2 is 2.04 bits per heavy atom. The molecule has 0 spiro atoms. The zero-order valence-electron chi connectivity index (χ0n) is 13.1. The van der Waals surface area contributed by atoms with Gasteiger partial charge in [0.05, 0.1) is 23.1 Å². The highest BCUT2D eigenvalue weighted by atomic mass is 79.9. The Balaban J connectivity index is 2.25. The largest absolute Gasteiger partial charge is 0.442 e. The molecule has 0 aliphatic carbocycles. The van der Waals surface area contributed by atoms with Crippen LogP contribution >= 0.6 is 27.5 Å². The summed E-state index contributed by atoms with van der Waals surface area (Å²) in [6.45, 7) is 5.15. The van der Waals surface area contributed by atoms with Gasteiger partial charge in [-0.3, -0.25) is 4.72 Å². The maximum absolute atomic E-state index is 12.5. The Labute approximate surface area is 153 Å². The first-order valence-corrected chi connectivity index (χ1v) is 9.40. The smallest absolute Gasteiger partial charge is 0.435 e. The van der Waals surface area contributed by atoms with Crippen LogP contribution in [0.15, 0.2) is 40.0 Å². The molecule has 0 fully saturated rings. The van der Waals surface area contributed by atoms with E-state index in [-0.39, 0.29) is 15.6 Å². The first kappa shape index (κ1) is 18.8. The van der Waals surface area contributed by atoms with Crippen molar-refractivity contribution in [1.82, 2.24) is 9.78 Å². The van der Waals surface area contributed by atoms with Gasteiger partial charge in [0.25, 0.3) is 10.0 Å². The van der Waals surface area contributed by atoms with E-state index in [0.29, 0.717) is 4.47 Å². The number of carbonyl (C=O) groups is 1. The molecular weight excluding hydrogens is 422 g/mol. The topological polar surface area (TPSA) is 90.3 Å². The van der Waals surface area contributed by atoms with E-state index in [9.17, 15) is 13.2 Å². The molecule has 130 valence electrons. The SMILES string of the molecule is CC(C)(C)OC(=O)n1cc(NS(=O)(=O)c2c(Cl)cccc2Br)cn1. The Morgan fingerprint density at radius 1 is 1.38 bits per heavy atom. The van der Waals surface area contributed by atoms with Gasteiger partial charge in [-0.2, -0.15) is 9.78 Å². The van der Waals surface area contributed by atoms with E-state index in [2.05, 4.69) is 25.8 Å². The first-order valence-electron chi connectivity index (χ1n) is 6.74. The number of ether oxygens (including phenoxy) is 1. The fraction of sp³-hybridized carbons (Fsp3) is 0.286. The molecule has 10 heteroatoms. The molecule has 0 aliphatic rings. The van der Waals surface area contributed by atoms with Gasteiger partial charge in [0.15, 0.2) is 0 Å². The number of nitrogens with zero attached hydrogens (tertiary/aromatic N) is 2. The molecule has 1 heterocycles. The number of hydrogen-bond acceptors (Lipinski definition) is 5. The van der Waals surface area contributed by atoms with Crippen LogP contribution in [0.3, 0.4) is 0 Å². The second kappa shape index (κ2) is 6.73. The zero-order chi connectivity index (χ0) is 18.1. The van der Waals surface area contributed by atoms with Crippen molar-refractivity contribution in [2.75, 3.05) is 4.72 Å². The van der Waals surface area contributed by atoms with Crippen molar-refractivity contribution in [3.63, 3.8) is 0 Å². The number of nitrogens with one attached hydrogen (secondary N) is 1. The van der Waals surface area contributed by atoms with Gasteiger partial charge in [0, 0.05) is 4.47 Å². The molecule has 1 aromatic heterocycles. The van der Waals surface area contributed by atoms with Gasteiger partial charge >= 0.3 is 6.09 Å². The summed E-state index contributed by atoms with van der Waals surface area (Å²) in [7, 11) is -3.96. The van der Waals surface area contributed by atoms with E-state index in [1.165, 1.54) is 18.5 Å². The molecule has 0 unspecified atom stereocenters. The third-order valence-electron chi connectivity index (χ3n) is 2.60. The number of halogens is 2. The summed E-state index contributed by atoms with van der Waals surface area (Å²) < 4.78 is 33.6. The zero-order valence-corrected chi connectivity index (χ0v) is 16.2. The predicted octanol–water partition coefficient (Wildman–Crippen LogP) is 3.88. The number of sulfonamides is 1. The van der Waals surface area contributed by atoms with Crippen molar-refractivity contribution < 1.29 is 17.9 Å². The molecule has 0 radical (unpaired) electrons. The molecule has 0 bridgehead atoms. The molecule has 1 N–H and O–H groups in total. The maximum Gasteiger partial charge on any atom is 0.435 e. The number of aromatic nitrogens is 2. The summed E-state index contributed by atoms with van der Waals surface area (Å²) in [5, 5.41) is 3.86. The van der Waals surface area contributed by atoms with E-state index in [0.717, 1.165) is 4.68 Å². The lowest BCUT2D eigenvalue weighted by Crippen LogP contribution is -2.27. The number of hydrogen-bond donors (Lipinski definition) is 1. The molecule has 0 amide bonds. The highest BCUT2D eigenvalue weighted by Crippen LogP contribution is 2.30. The van der Waals surface area contributed by atoms with E-state index in [1.54, 1.807) is 32.9 Å². The van der Waals surface area contributed by atoms with Crippen molar-refractivity contribution >= 4 is 49.3 Å². The van der Waals surface area contributed by atoms with Gasteiger partial charge in [0.1, 0.15) is 10.5 Å². The van der Waals surface area contributed by atoms with Gasteiger partial charge in [-0.05, 0) is 48.8 Å². The molecule has 7 nitrogen and oxygen atoms in total. The molecule has 0 atom stereocenters. The minimum Gasteiger partial charge on any atom is -0.442 e. The fourth-order valence-electron chi connectivity index (χ4n) is 1.73. The van der Waals surface area contributed by atoms with Gasteiger partial charge in [0.2, 0.25) is 0 Å². The van der Waals surface area contributed by atoms with E-state index >= 15 is 0 Å². The maximum atomic E-state index is 12.5. The van der Waals surface area contributed by atoms with Crippen molar-refractivity contribution in [2.24, 2.45) is 0 Å². The Kier molecular flexibility index (Phi) is 5.26. The summed E-state index contributed by atoms with van der Waals surface area (Å²) in [6, 6.07) is 4.64. The van der Waals surface area contributed by atoms with Gasteiger partial charge in [-0.25, -0.2) is 13.2 Å². The third-order valence-corrected chi connectivity index (χ3v) is 5.44. The molecule has 2 aromatic rings. The van der Waals surface area contributed by atoms with Crippen LogP contribution in [-0.2, 0) is 14.8 Å². The average Bonchev–Trinajstić information content (AvgIpc) is 2.83. The molecular formula is C14H15BrClN3O4S. The highest BCUT2D eigenvalue weighted by molar-refractivity contribution is 9.10. The van der Waals surface area contributed by atoms with Crippen LogP contribution in [0.4, 0.5) is 10.5 Å². The molecule has 2 rings (SSSR count). The summed E-state index contributed by atoms with van der Waals surface area (Å²) in [5.74, 6) is 0. The minimum absolute atomic E-state index is 0.0661. The Hall–Kier alpha value is -1.58. The van der Waals surface area contributed by atoms with Crippen molar-refractivity contribution in [3.05, 3.63) is 40.1 Å². The van der Waals surface area contributed by atoms with Gasteiger partial charge in [-0.15, -0.1) is 0 Å². The van der Waals surface area contributed by atoms with Crippen LogP contribution in [0.25, 0.3) is 0 Å². The van der Waals surface area contributed by atoms with Crippen LogP contribution in [0.2, 0.25) is 5.02 Å². The monoisotopic (exact) mass is 435 g/mol. The normalized spacial score (nSPS) is 12.0. The number of benzene rings is 1.